The van der Waals surface area contributed by atoms with Crippen LogP contribution in [-0.2, 0) is 0 Å². The van der Waals surface area contributed by atoms with E-state index in [1.54, 1.807) is 13.0 Å². The van der Waals surface area contributed by atoms with Crippen LogP contribution in [0.15, 0.2) is 36.4 Å². The van der Waals surface area contributed by atoms with Crippen LogP contribution in [0.2, 0.25) is 0 Å². The van der Waals surface area contributed by atoms with Crippen molar-refractivity contribution in [3.63, 3.8) is 0 Å². The van der Waals surface area contributed by atoms with E-state index < -0.39 is 0 Å². The minimum absolute atomic E-state index is 0.126. The second-order valence-electron chi connectivity index (χ2n) is 4.95. The fraction of sp³-hybridized carbons (Fsp3) is 0.250. The molecule has 0 spiro atoms. The minimum atomic E-state index is -0.195. The Morgan fingerprint density at radius 3 is 2.00 bits per heavy atom. The monoisotopic (exact) mass is 258 g/mol. The zero-order chi connectivity index (χ0) is 14.0. The third kappa shape index (κ3) is 2.83. The Hall–Kier alpha value is -1.71. The minimum Gasteiger partial charge on any atom is -0.271 e. The quantitative estimate of drug-likeness (QED) is 0.655. The van der Waals surface area contributed by atoms with Gasteiger partial charge in [0.25, 0.3) is 0 Å². The van der Waals surface area contributed by atoms with Gasteiger partial charge in [-0.05, 0) is 54.7 Å². The van der Waals surface area contributed by atoms with Crippen LogP contribution in [0.5, 0.6) is 0 Å². The first-order valence-electron chi connectivity index (χ1n) is 6.32. The predicted octanol–water partition coefficient (Wildman–Crippen LogP) is 3.30. The van der Waals surface area contributed by atoms with Gasteiger partial charge in [0.15, 0.2) is 0 Å². The van der Waals surface area contributed by atoms with Gasteiger partial charge in [-0.25, -0.2) is 9.82 Å². The highest BCUT2D eigenvalue weighted by Crippen LogP contribution is 2.24. The summed E-state index contributed by atoms with van der Waals surface area (Å²) in [5.41, 5.74) is 7.94. The zero-order valence-electron chi connectivity index (χ0n) is 11.5. The summed E-state index contributed by atoms with van der Waals surface area (Å²) in [4.78, 5) is 0. The maximum Gasteiger partial charge on any atom is 0.126 e. The van der Waals surface area contributed by atoms with Crippen molar-refractivity contribution < 1.29 is 4.39 Å². The second kappa shape index (κ2) is 5.51. The average molecular weight is 258 g/mol. The Bertz CT molecular complexity index is 542. The second-order valence-corrected chi connectivity index (χ2v) is 4.95. The molecule has 0 heterocycles. The molecule has 2 aromatic rings. The molecule has 0 radical (unpaired) electrons. The number of halogens is 1. The maximum atomic E-state index is 13.3. The van der Waals surface area contributed by atoms with E-state index in [4.69, 9.17) is 5.84 Å². The van der Waals surface area contributed by atoms with Gasteiger partial charge in [-0.15, -0.1) is 0 Å². The summed E-state index contributed by atoms with van der Waals surface area (Å²) in [7, 11) is 0. The molecule has 0 aliphatic heterocycles. The van der Waals surface area contributed by atoms with Crippen LogP contribution in [0.1, 0.15) is 33.9 Å². The number of hydrazine groups is 1. The Kier molecular flexibility index (Phi) is 3.98. The number of aryl methyl sites for hydroxylation is 3. The van der Waals surface area contributed by atoms with Crippen molar-refractivity contribution in [2.24, 2.45) is 5.84 Å². The van der Waals surface area contributed by atoms with Crippen molar-refractivity contribution in [2.75, 3.05) is 0 Å². The molecule has 19 heavy (non-hydrogen) atoms. The molecule has 0 saturated heterocycles. The highest BCUT2D eigenvalue weighted by Gasteiger charge is 2.14. The third-order valence-electron chi connectivity index (χ3n) is 3.55. The molecular weight excluding hydrogens is 239 g/mol. The van der Waals surface area contributed by atoms with Crippen molar-refractivity contribution in [1.29, 1.82) is 0 Å². The maximum absolute atomic E-state index is 13.3. The molecular formula is C16H19FN2. The van der Waals surface area contributed by atoms with Crippen LogP contribution in [0.25, 0.3) is 0 Å². The summed E-state index contributed by atoms with van der Waals surface area (Å²) >= 11 is 0. The molecule has 2 rings (SSSR count). The van der Waals surface area contributed by atoms with Gasteiger partial charge in [0.05, 0.1) is 6.04 Å². The number of hydrogen-bond acceptors (Lipinski definition) is 2. The van der Waals surface area contributed by atoms with E-state index in [0.29, 0.717) is 5.56 Å². The summed E-state index contributed by atoms with van der Waals surface area (Å²) in [6.45, 7) is 5.90. The summed E-state index contributed by atoms with van der Waals surface area (Å²) in [5.74, 6) is 5.47. The smallest absolute Gasteiger partial charge is 0.126 e. The molecule has 0 aliphatic rings. The average Bonchev–Trinajstić information content (AvgIpc) is 2.39. The Morgan fingerprint density at radius 2 is 1.47 bits per heavy atom. The van der Waals surface area contributed by atoms with Crippen molar-refractivity contribution >= 4 is 0 Å². The van der Waals surface area contributed by atoms with Gasteiger partial charge >= 0.3 is 0 Å². The summed E-state index contributed by atoms with van der Waals surface area (Å²) < 4.78 is 13.3. The summed E-state index contributed by atoms with van der Waals surface area (Å²) in [6, 6.07) is 11.2. The highest BCUT2D eigenvalue weighted by molar-refractivity contribution is 5.38. The molecule has 0 amide bonds. The number of hydrogen-bond donors (Lipinski definition) is 2. The van der Waals surface area contributed by atoms with E-state index in [2.05, 4.69) is 31.4 Å². The lowest BCUT2D eigenvalue weighted by molar-refractivity contribution is 0.607. The number of benzene rings is 2. The van der Waals surface area contributed by atoms with Crippen LogP contribution in [0.4, 0.5) is 4.39 Å². The molecule has 3 N–H and O–H groups in total. The third-order valence-corrected chi connectivity index (χ3v) is 3.55. The van der Waals surface area contributed by atoms with Crippen molar-refractivity contribution in [2.45, 2.75) is 26.8 Å². The molecule has 0 fully saturated rings. The Morgan fingerprint density at radius 1 is 0.895 bits per heavy atom. The standard InChI is InChI=1S/C16H19FN2/c1-10-4-5-13(8-11(10)2)16(19-18)14-6-7-15(17)12(3)9-14/h4-9,16,19H,18H2,1-3H3. The van der Waals surface area contributed by atoms with Crippen LogP contribution in [0.3, 0.4) is 0 Å². The van der Waals surface area contributed by atoms with Crippen molar-refractivity contribution in [3.8, 4) is 0 Å². The van der Waals surface area contributed by atoms with Crippen molar-refractivity contribution in [1.82, 2.24) is 5.43 Å². The first kappa shape index (κ1) is 13.7. The van der Waals surface area contributed by atoms with Gasteiger partial charge in [0, 0.05) is 0 Å². The topological polar surface area (TPSA) is 38.0 Å². The van der Waals surface area contributed by atoms with Crippen LogP contribution >= 0.6 is 0 Å². The first-order valence-corrected chi connectivity index (χ1v) is 6.32. The van der Waals surface area contributed by atoms with E-state index in [1.807, 2.05) is 12.1 Å². The van der Waals surface area contributed by atoms with Crippen LogP contribution < -0.4 is 11.3 Å². The van der Waals surface area contributed by atoms with E-state index in [-0.39, 0.29) is 11.9 Å². The van der Waals surface area contributed by atoms with Crippen LogP contribution in [0, 0.1) is 26.6 Å². The molecule has 0 bridgehead atoms. The van der Waals surface area contributed by atoms with Gasteiger partial charge in [-0.1, -0.05) is 30.3 Å². The van der Waals surface area contributed by atoms with Crippen LogP contribution in [-0.4, -0.2) is 0 Å². The van der Waals surface area contributed by atoms with Gasteiger partial charge in [0.1, 0.15) is 5.82 Å². The highest BCUT2D eigenvalue weighted by atomic mass is 19.1. The SMILES string of the molecule is Cc1ccc(C(NN)c2ccc(F)c(C)c2)cc1C. The molecule has 1 atom stereocenters. The van der Waals surface area contributed by atoms with E-state index in [1.165, 1.54) is 17.2 Å². The number of nitrogens with one attached hydrogen (secondary N) is 1. The fourth-order valence-corrected chi connectivity index (χ4v) is 2.18. The van der Waals surface area contributed by atoms with Gasteiger partial charge < -0.3 is 0 Å². The fourth-order valence-electron chi connectivity index (χ4n) is 2.18. The van der Waals surface area contributed by atoms with Gasteiger partial charge in [-0.3, -0.25) is 5.84 Å². The lowest BCUT2D eigenvalue weighted by Gasteiger charge is -2.18. The van der Waals surface area contributed by atoms with Gasteiger partial charge in [0.2, 0.25) is 0 Å². The number of rotatable bonds is 3. The molecule has 100 valence electrons. The van der Waals surface area contributed by atoms with Gasteiger partial charge in [-0.2, -0.15) is 0 Å². The zero-order valence-corrected chi connectivity index (χ0v) is 11.5. The molecule has 0 aromatic heterocycles. The number of nitrogens with two attached hydrogens (primary N) is 1. The van der Waals surface area contributed by atoms with Crippen molar-refractivity contribution in [3.05, 3.63) is 70.0 Å². The molecule has 1 unspecified atom stereocenters. The lowest BCUT2D eigenvalue weighted by atomic mass is 9.95. The summed E-state index contributed by atoms with van der Waals surface area (Å²) in [5, 5.41) is 0. The molecule has 2 aromatic carbocycles. The summed E-state index contributed by atoms with van der Waals surface area (Å²) in [6.07, 6.45) is 0. The Labute approximate surface area is 113 Å². The largest absolute Gasteiger partial charge is 0.271 e. The normalized spacial score (nSPS) is 12.5. The first-order chi connectivity index (χ1) is 9.02. The molecule has 0 aliphatic carbocycles. The van der Waals surface area contributed by atoms with E-state index in [9.17, 15) is 4.39 Å². The molecule has 2 nitrogen and oxygen atoms in total. The van der Waals surface area contributed by atoms with E-state index in [0.717, 1.165) is 11.1 Å². The molecule has 3 heteroatoms. The molecule has 0 saturated carbocycles. The Balaban J connectivity index is 2.43. The predicted molar refractivity (Wildman–Crippen MR) is 76.2 cm³/mol. The van der Waals surface area contributed by atoms with E-state index >= 15 is 0 Å². The lowest BCUT2D eigenvalue weighted by Crippen LogP contribution is -2.29.